The summed E-state index contributed by atoms with van der Waals surface area (Å²) in [6.07, 6.45) is 3.34. The smallest absolute Gasteiger partial charge is 0.253 e. The summed E-state index contributed by atoms with van der Waals surface area (Å²) in [5.74, 6) is -0.322. The number of hydrogen-bond donors (Lipinski definition) is 1. The van der Waals surface area contributed by atoms with Gasteiger partial charge in [-0.25, -0.2) is 13.9 Å². The highest BCUT2D eigenvalue weighted by molar-refractivity contribution is 8.00. The van der Waals surface area contributed by atoms with Gasteiger partial charge in [-0.3, -0.25) is 4.79 Å². The predicted molar refractivity (Wildman–Crippen MR) is 81.1 cm³/mol. The Morgan fingerprint density at radius 1 is 1.36 bits per heavy atom. The van der Waals surface area contributed by atoms with Crippen LogP contribution < -0.4 is 5.32 Å². The Kier molecular flexibility index (Phi) is 4.01. The van der Waals surface area contributed by atoms with Gasteiger partial charge in [0.05, 0.1) is 10.9 Å². The molecule has 1 amide bonds. The number of nitrogens with one attached hydrogen (secondary N) is 1. The number of para-hydroxylation sites is 1. The van der Waals surface area contributed by atoms with Crippen molar-refractivity contribution in [2.24, 2.45) is 0 Å². The summed E-state index contributed by atoms with van der Waals surface area (Å²) in [5, 5.41) is 6.73. The van der Waals surface area contributed by atoms with Gasteiger partial charge in [0.25, 0.3) is 5.78 Å². The standard InChI is InChI=1S/C14H12FN5OS/c1-9(12(21)17-11-6-3-2-5-10(11)15)22-14-18-13-16-7-4-8-20(13)19-14/h2-9H,1H3,(H,17,21)/t9-/m0/s1. The number of carbonyl (C=O) groups is 1. The van der Waals surface area contributed by atoms with Crippen molar-refractivity contribution in [3.05, 3.63) is 48.5 Å². The zero-order chi connectivity index (χ0) is 15.5. The van der Waals surface area contributed by atoms with Gasteiger partial charge in [-0.15, -0.1) is 5.10 Å². The molecular formula is C14H12FN5OS. The van der Waals surface area contributed by atoms with Gasteiger partial charge < -0.3 is 5.32 Å². The Bertz CT molecular complexity index is 789. The average Bonchev–Trinajstić information content (AvgIpc) is 2.91. The van der Waals surface area contributed by atoms with E-state index in [1.165, 1.54) is 28.4 Å². The van der Waals surface area contributed by atoms with Gasteiger partial charge in [0.2, 0.25) is 11.1 Å². The number of hydrogen-bond acceptors (Lipinski definition) is 5. The minimum atomic E-state index is -0.475. The monoisotopic (exact) mass is 317 g/mol. The van der Waals surface area contributed by atoms with E-state index in [2.05, 4.69) is 20.4 Å². The summed E-state index contributed by atoms with van der Waals surface area (Å²) in [5.41, 5.74) is 0.157. The first-order valence-electron chi connectivity index (χ1n) is 6.53. The van der Waals surface area contributed by atoms with Crippen LogP contribution in [0.1, 0.15) is 6.92 Å². The molecule has 3 aromatic rings. The van der Waals surface area contributed by atoms with Crippen molar-refractivity contribution in [3.8, 4) is 0 Å². The minimum Gasteiger partial charge on any atom is -0.323 e. The maximum absolute atomic E-state index is 13.5. The van der Waals surface area contributed by atoms with Crippen LogP contribution in [0.15, 0.2) is 47.9 Å². The number of carbonyl (C=O) groups excluding carboxylic acids is 1. The molecular weight excluding hydrogens is 305 g/mol. The lowest BCUT2D eigenvalue weighted by atomic mass is 10.3. The Balaban J connectivity index is 1.69. The number of halogens is 1. The fourth-order valence-corrected chi connectivity index (χ4v) is 2.52. The molecule has 0 aliphatic rings. The van der Waals surface area contributed by atoms with Crippen LogP contribution in [0.3, 0.4) is 0 Å². The van der Waals surface area contributed by atoms with Crippen molar-refractivity contribution < 1.29 is 9.18 Å². The molecule has 0 unspecified atom stereocenters. The van der Waals surface area contributed by atoms with E-state index >= 15 is 0 Å². The molecule has 1 atom stereocenters. The van der Waals surface area contributed by atoms with E-state index in [1.54, 1.807) is 37.5 Å². The maximum Gasteiger partial charge on any atom is 0.253 e. The van der Waals surface area contributed by atoms with Crippen molar-refractivity contribution in [2.75, 3.05) is 5.32 Å². The van der Waals surface area contributed by atoms with E-state index in [0.717, 1.165) is 0 Å². The fraction of sp³-hybridized carbons (Fsp3) is 0.143. The topological polar surface area (TPSA) is 72.2 Å². The van der Waals surface area contributed by atoms with Crippen LogP contribution in [0.25, 0.3) is 5.78 Å². The second-order valence-electron chi connectivity index (χ2n) is 4.49. The third-order valence-electron chi connectivity index (χ3n) is 2.88. The Morgan fingerprint density at radius 2 is 2.18 bits per heavy atom. The van der Waals surface area contributed by atoms with Gasteiger partial charge in [0, 0.05) is 12.4 Å². The number of amides is 1. The number of benzene rings is 1. The molecule has 0 saturated carbocycles. The van der Waals surface area contributed by atoms with Gasteiger partial charge in [-0.1, -0.05) is 23.9 Å². The predicted octanol–water partition coefficient (Wildman–Crippen LogP) is 2.38. The van der Waals surface area contributed by atoms with Crippen molar-refractivity contribution in [1.29, 1.82) is 0 Å². The molecule has 0 bridgehead atoms. The lowest BCUT2D eigenvalue weighted by molar-refractivity contribution is -0.115. The molecule has 6 nitrogen and oxygen atoms in total. The second-order valence-corrected chi connectivity index (χ2v) is 5.80. The average molecular weight is 317 g/mol. The van der Waals surface area contributed by atoms with Crippen LogP contribution in [0.5, 0.6) is 0 Å². The summed E-state index contributed by atoms with van der Waals surface area (Å²) in [6.45, 7) is 1.71. The third-order valence-corrected chi connectivity index (χ3v) is 3.83. The summed E-state index contributed by atoms with van der Waals surface area (Å²) < 4.78 is 15.1. The Morgan fingerprint density at radius 3 is 2.95 bits per heavy atom. The third kappa shape index (κ3) is 3.06. The number of anilines is 1. The fourth-order valence-electron chi connectivity index (χ4n) is 1.77. The van der Waals surface area contributed by atoms with E-state index in [1.807, 2.05) is 0 Å². The highest BCUT2D eigenvalue weighted by atomic mass is 32.2. The Hall–Kier alpha value is -2.48. The van der Waals surface area contributed by atoms with Gasteiger partial charge >= 0.3 is 0 Å². The normalized spacial score (nSPS) is 12.3. The number of nitrogens with zero attached hydrogens (tertiary/aromatic N) is 4. The summed E-state index contributed by atoms with van der Waals surface area (Å²) in [6, 6.07) is 7.77. The molecule has 0 fully saturated rings. The molecule has 112 valence electrons. The number of fused-ring (bicyclic) bond motifs is 1. The largest absolute Gasteiger partial charge is 0.323 e. The van der Waals surface area contributed by atoms with E-state index in [4.69, 9.17) is 0 Å². The molecule has 0 aliphatic heterocycles. The molecule has 1 N–H and O–H groups in total. The lowest BCUT2D eigenvalue weighted by Gasteiger charge is -2.10. The minimum absolute atomic E-state index is 0.157. The number of aromatic nitrogens is 4. The Labute approximate surface area is 129 Å². The van der Waals surface area contributed by atoms with Crippen LogP contribution in [0.2, 0.25) is 0 Å². The molecule has 0 aliphatic carbocycles. The molecule has 2 heterocycles. The zero-order valence-electron chi connectivity index (χ0n) is 11.6. The van der Waals surface area contributed by atoms with E-state index in [-0.39, 0.29) is 11.6 Å². The molecule has 1 aromatic carbocycles. The lowest BCUT2D eigenvalue weighted by Crippen LogP contribution is -2.23. The van der Waals surface area contributed by atoms with Gasteiger partial charge in [-0.2, -0.15) is 4.98 Å². The van der Waals surface area contributed by atoms with E-state index in [9.17, 15) is 9.18 Å². The van der Waals surface area contributed by atoms with Crippen molar-refractivity contribution in [2.45, 2.75) is 17.3 Å². The van der Waals surface area contributed by atoms with Crippen LogP contribution in [-0.2, 0) is 4.79 Å². The molecule has 3 rings (SSSR count). The molecule has 22 heavy (non-hydrogen) atoms. The molecule has 2 aromatic heterocycles. The van der Waals surface area contributed by atoms with Gasteiger partial charge in [-0.05, 0) is 25.1 Å². The summed E-state index contributed by atoms with van der Waals surface area (Å²) in [4.78, 5) is 20.4. The highest BCUT2D eigenvalue weighted by Gasteiger charge is 2.18. The number of rotatable bonds is 4. The van der Waals surface area contributed by atoms with Gasteiger partial charge in [0.15, 0.2) is 0 Å². The molecule has 0 radical (unpaired) electrons. The second kappa shape index (κ2) is 6.10. The summed E-state index contributed by atoms with van der Waals surface area (Å²) in [7, 11) is 0. The summed E-state index contributed by atoms with van der Waals surface area (Å²) >= 11 is 1.18. The first-order chi connectivity index (χ1) is 10.6. The van der Waals surface area contributed by atoms with Crippen LogP contribution in [0.4, 0.5) is 10.1 Å². The zero-order valence-corrected chi connectivity index (χ0v) is 12.4. The maximum atomic E-state index is 13.5. The first-order valence-corrected chi connectivity index (χ1v) is 7.41. The van der Waals surface area contributed by atoms with E-state index in [0.29, 0.717) is 10.9 Å². The number of thioether (sulfide) groups is 1. The molecule has 0 saturated heterocycles. The van der Waals surface area contributed by atoms with Crippen LogP contribution in [-0.4, -0.2) is 30.7 Å². The van der Waals surface area contributed by atoms with Crippen molar-refractivity contribution >= 4 is 29.1 Å². The van der Waals surface area contributed by atoms with E-state index < -0.39 is 11.1 Å². The van der Waals surface area contributed by atoms with Gasteiger partial charge in [0.1, 0.15) is 5.82 Å². The van der Waals surface area contributed by atoms with Crippen LogP contribution in [0, 0.1) is 5.82 Å². The molecule has 8 heteroatoms. The molecule has 0 spiro atoms. The highest BCUT2D eigenvalue weighted by Crippen LogP contribution is 2.22. The SMILES string of the molecule is C[C@H](Sc1nc2ncccn2n1)C(=O)Nc1ccccc1F. The van der Waals surface area contributed by atoms with Crippen molar-refractivity contribution in [1.82, 2.24) is 19.6 Å². The van der Waals surface area contributed by atoms with Crippen molar-refractivity contribution in [3.63, 3.8) is 0 Å². The first kappa shape index (κ1) is 14.5. The quantitative estimate of drug-likeness (QED) is 0.748. The van der Waals surface area contributed by atoms with Crippen LogP contribution >= 0.6 is 11.8 Å².